The molecule has 2 atom stereocenters. The molecule has 0 amide bonds. The molecule has 1 aliphatic rings. The highest BCUT2D eigenvalue weighted by atomic mass is 79.9. The molecule has 0 aromatic heterocycles. The van der Waals surface area contributed by atoms with Gasteiger partial charge in [0, 0.05) is 10.0 Å². The summed E-state index contributed by atoms with van der Waals surface area (Å²) in [6, 6.07) is 5.62. The van der Waals surface area contributed by atoms with Crippen LogP contribution < -0.4 is 4.74 Å². The molecule has 1 aromatic rings. The second-order valence-electron chi connectivity index (χ2n) is 5.12. The van der Waals surface area contributed by atoms with Crippen molar-refractivity contribution in [1.82, 2.24) is 0 Å². The molecule has 0 saturated heterocycles. The lowest BCUT2D eigenvalue weighted by Gasteiger charge is -2.29. The van der Waals surface area contributed by atoms with Crippen molar-refractivity contribution < 1.29 is 9.53 Å². The van der Waals surface area contributed by atoms with E-state index < -0.39 is 0 Å². The molecule has 2 unspecified atom stereocenters. The number of carbonyl (C=O) groups excluding carboxylic acids is 1. The molecule has 98 valence electrons. The van der Waals surface area contributed by atoms with Crippen LogP contribution >= 0.6 is 15.9 Å². The van der Waals surface area contributed by atoms with E-state index in [1.165, 1.54) is 19.3 Å². The molecule has 1 aromatic carbocycles. The van der Waals surface area contributed by atoms with Gasteiger partial charge in [-0.25, -0.2) is 0 Å². The molecule has 18 heavy (non-hydrogen) atoms. The van der Waals surface area contributed by atoms with Crippen LogP contribution in [0.15, 0.2) is 22.7 Å². The molecule has 2 rings (SSSR count). The predicted molar refractivity (Wildman–Crippen MR) is 76.2 cm³/mol. The van der Waals surface area contributed by atoms with Crippen molar-refractivity contribution in [2.45, 2.75) is 45.6 Å². The van der Waals surface area contributed by atoms with Crippen molar-refractivity contribution >= 4 is 21.7 Å². The molecular weight excluding hydrogens is 292 g/mol. The topological polar surface area (TPSA) is 26.3 Å². The Labute approximate surface area is 117 Å². The molecule has 1 saturated carbocycles. The lowest BCUT2D eigenvalue weighted by atomic mass is 9.88. The molecule has 0 heterocycles. The van der Waals surface area contributed by atoms with Crippen LogP contribution in [0.3, 0.4) is 0 Å². The second-order valence-corrected chi connectivity index (χ2v) is 5.97. The maximum Gasteiger partial charge on any atom is 0.160 e. The number of ether oxygens (including phenoxy) is 1. The Hall–Kier alpha value is -0.830. The predicted octanol–water partition coefficient (Wildman–Crippen LogP) is 4.61. The molecule has 0 spiro atoms. The smallest absolute Gasteiger partial charge is 0.160 e. The van der Waals surface area contributed by atoms with Gasteiger partial charge in [-0.3, -0.25) is 4.79 Å². The highest BCUT2D eigenvalue weighted by Gasteiger charge is 2.23. The summed E-state index contributed by atoms with van der Waals surface area (Å²) in [5, 5.41) is 0. The van der Waals surface area contributed by atoms with Crippen LogP contribution in [0.5, 0.6) is 5.75 Å². The first-order valence-corrected chi connectivity index (χ1v) is 7.34. The van der Waals surface area contributed by atoms with Gasteiger partial charge in [-0.15, -0.1) is 0 Å². The quantitative estimate of drug-likeness (QED) is 0.762. The maximum atomic E-state index is 11.3. The standard InChI is InChI=1S/C15H19BrO2/c1-10-5-3-4-6-15(10)18-12-7-8-13(11(2)17)14(16)9-12/h7-10,15H,3-6H2,1-2H3. The first-order valence-electron chi connectivity index (χ1n) is 6.55. The Morgan fingerprint density at radius 1 is 1.33 bits per heavy atom. The second kappa shape index (κ2) is 5.87. The highest BCUT2D eigenvalue weighted by Crippen LogP contribution is 2.30. The monoisotopic (exact) mass is 310 g/mol. The third kappa shape index (κ3) is 3.14. The molecule has 1 aliphatic carbocycles. The van der Waals surface area contributed by atoms with Crippen LogP contribution in [-0.2, 0) is 0 Å². The fraction of sp³-hybridized carbons (Fsp3) is 0.533. The molecule has 0 aliphatic heterocycles. The van der Waals surface area contributed by atoms with E-state index in [-0.39, 0.29) is 5.78 Å². The van der Waals surface area contributed by atoms with Gasteiger partial charge in [0.25, 0.3) is 0 Å². The van der Waals surface area contributed by atoms with Crippen molar-refractivity contribution in [2.75, 3.05) is 0 Å². The van der Waals surface area contributed by atoms with E-state index in [1.54, 1.807) is 6.92 Å². The number of Topliss-reactive ketones (excluding diaryl/α,β-unsaturated/α-hetero) is 1. The van der Waals surface area contributed by atoms with Crippen molar-refractivity contribution in [1.29, 1.82) is 0 Å². The normalized spacial score (nSPS) is 23.7. The van der Waals surface area contributed by atoms with Crippen molar-refractivity contribution in [2.24, 2.45) is 5.92 Å². The Morgan fingerprint density at radius 2 is 2.06 bits per heavy atom. The van der Waals surface area contributed by atoms with Crippen LogP contribution in [0, 0.1) is 5.92 Å². The van der Waals surface area contributed by atoms with Gasteiger partial charge in [0.2, 0.25) is 0 Å². The molecule has 3 heteroatoms. The Kier molecular flexibility index (Phi) is 4.44. The van der Waals surface area contributed by atoms with E-state index in [9.17, 15) is 4.79 Å². The molecule has 0 bridgehead atoms. The number of ketones is 1. The van der Waals surface area contributed by atoms with Gasteiger partial charge in [0.05, 0.1) is 0 Å². The average Bonchev–Trinajstić information content (AvgIpc) is 2.32. The SMILES string of the molecule is CC(=O)c1ccc(OC2CCCCC2C)cc1Br. The highest BCUT2D eigenvalue weighted by molar-refractivity contribution is 9.10. The molecule has 0 radical (unpaired) electrons. The summed E-state index contributed by atoms with van der Waals surface area (Å²) in [6.45, 7) is 3.83. The van der Waals surface area contributed by atoms with E-state index in [4.69, 9.17) is 4.74 Å². The van der Waals surface area contributed by atoms with Crippen molar-refractivity contribution in [3.63, 3.8) is 0 Å². The minimum absolute atomic E-state index is 0.0689. The summed E-state index contributed by atoms with van der Waals surface area (Å²) in [4.78, 5) is 11.3. The molecular formula is C15H19BrO2. The number of rotatable bonds is 3. The average molecular weight is 311 g/mol. The zero-order chi connectivity index (χ0) is 13.1. The lowest BCUT2D eigenvalue weighted by Crippen LogP contribution is -2.28. The van der Waals surface area contributed by atoms with Gasteiger partial charge in [-0.05, 0) is 66.2 Å². The lowest BCUT2D eigenvalue weighted by molar-refractivity contribution is 0.101. The van der Waals surface area contributed by atoms with Gasteiger partial charge >= 0.3 is 0 Å². The van der Waals surface area contributed by atoms with Gasteiger partial charge in [0.1, 0.15) is 11.9 Å². The van der Waals surface area contributed by atoms with Gasteiger partial charge in [0.15, 0.2) is 5.78 Å². The molecule has 0 N–H and O–H groups in total. The van der Waals surface area contributed by atoms with Crippen molar-refractivity contribution in [3.05, 3.63) is 28.2 Å². The minimum Gasteiger partial charge on any atom is -0.490 e. The Morgan fingerprint density at radius 3 is 2.67 bits per heavy atom. The van der Waals surface area contributed by atoms with E-state index >= 15 is 0 Å². The Bertz CT molecular complexity index is 442. The number of carbonyl (C=O) groups is 1. The Balaban J connectivity index is 2.10. The number of halogens is 1. The maximum absolute atomic E-state index is 11.3. The summed E-state index contributed by atoms with van der Waals surface area (Å²) in [7, 11) is 0. The largest absolute Gasteiger partial charge is 0.490 e. The van der Waals surface area contributed by atoms with Crippen molar-refractivity contribution in [3.8, 4) is 5.75 Å². The number of benzene rings is 1. The first kappa shape index (κ1) is 13.6. The van der Waals surface area contributed by atoms with E-state index in [2.05, 4.69) is 22.9 Å². The van der Waals surface area contributed by atoms with E-state index in [1.807, 2.05) is 18.2 Å². The van der Waals surface area contributed by atoms with Crippen LogP contribution in [0.1, 0.15) is 49.9 Å². The third-order valence-corrected chi connectivity index (χ3v) is 4.30. The summed E-state index contributed by atoms with van der Waals surface area (Å²) in [6.07, 6.45) is 5.26. The van der Waals surface area contributed by atoms with Crippen LogP contribution in [0.2, 0.25) is 0 Å². The zero-order valence-electron chi connectivity index (χ0n) is 10.9. The minimum atomic E-state index is 0.0689. The van der Waals surface area contributed by atoms with Gasteiger partial charge in [-0.2, -0.15) is 0 Å². The first-order chi connectivity index (χ1) is 8.58. The van der Waals surface area contributed by atoms with Crippen LogP contribution in [0.4, 0.5) is 0 Å². The van der Waals surface area contributed by atoms with E-state index in [0.717, 1.165) is 16.6 Å². The molecule has 1 fully saturated rings. The molecule has 2 nitrogen and oxygen atoms in total. The van der Waals surface area contributed by atoms with Gasteiger partial charge in [-0.1, -0.05) is 13.3 Å². The van der Waals surface area contributed by atoms with E-state index in [0.29, 0.717) is 17.6 Å². The summed E-state index contributed by atoms with van der Waals surface area (Å²) in [5.41, 5.74) is 0.707. The fourth-order valence-corrected chi connectivity index (χ4v) is 3.12. The van der Waals surface area contributed by atoms with Crippen LogP contribution in [0.25, 0.3) is 0 Å². The zero-order valence-corrected chi connectivity index (χ0v) is 12.5. The fourth-order valence-electron chi connectivity index (χ4n) is 2.49. The number of hydrogen-bond donors (Lipinski definition) is 0. The summed E-state index contributed by atoms with van der Waals surface area (Å²) >= 11 is 3.43. The van der Waals surface area contributed by atoms with Gasteiger partial charge < -0.3 is 4.74 Å². The third-order valence-electron chi connectivity index (χ3n) is 3.64. The van der Waals surface area contributed by atoms with Crippen LogP contribution in [-0.4, -0.2) is 11.9 Å². The summed E-state index contributed by atoms with van der Waals surface area (Å²) < 4.78 is 6.86. The number of hydrogen-bond acceptors (Lipinski definition) is 2. The summed E-state index contributed by atoms with van der Waals surface area (Å²) in [5.74, 6) is 1.54.